The van der Waals surface area contributed by atoms with Crippen LogP contribution in [0.2, 0.25) is 0 Å². The molecule has 0 saturated carbocycles. The van der Waals surface area contributed by atoms with Crippen LogP contribution in [0.25, 0.3) is 0 Å². The number of nitrogens with zero attached hydrogens (tertiary/aromatic N) is 1. The van der Waals surface area contributed by atoms with Crippen molar-refractivity contribution in [1.29, 1.82) is 0 Å². The Morgan fingerprint density at radius 2 is 2.16 bits per heavy atom. The maximum absolute atomic E-state index is 12.5. The Morgan fingerprint density at radius 1 is 1.42 bits per heavy atom. The smallest absolute Gasteiger partial charge is 0.244 e. The van der Waals surface area contributed by atoms with E-state index in [1.807, 2.05) is 24.4 Å². The SMILES string of the molecule is CC(c1cccs1)N(C)S(=O)(=O)c1csc(CO)c1. The van der Waals surface area contributed by atoms with Crippen molar-refractivity contribution in [3.63, 3.8) is 0 Å². The molecular formula is C12H15NO3S3. The molecule has 4 nitrogen and oxygen atoms in total. The summed E-state index contributed by atoms with van der Waals surface area (Å²) in [6.45, 7) is 1.73. The van der Waals surface area contributed by atoms with Crippen molar-refractivity contribution in [2.45, 2.75) is 24.5 Å². The zero-order valence-corrected chi connectivity index (χ0v) is 13.1. The monoisotopic (exact) mass is 317 g/mol. The standard InChI is InChI=1S/C12H15NO3S3/c1-9(12-4-3-5-17-12)13(2)19(15,16)11-6-10(7-14)18-8-11/h3-6,8-9,14H,7H2,1-2H3. The number of thiophene rings is 2. The number of rotatable bonds is 5. The fourth-order valence-electron chi connectivity index (χ4n) is 1.66. The molecule has 0 saturated heterocycles. The normalized spacial score (nSPS) is 13.9. The molecule has 0 aromatic carbocycles. The maximum Gasteiger partial charge on any atom is 0.244 e. The first-order valence-electron chi connectivity index (χ1n) is 5.66. The van der Waals surface area contributed by atoms with Crippen LogP contribution in [-0.2, 0) is 16.6 Å². The van der Waals surface area contributed by atoms with Gasteiger partial charge in [0.15, 0.2) is 0 Å². The Bertz CT molecular complexity index is 631. The summed E-state index contributed by atoms with van der Waals surface area (Å²) in [6, 6.07) is 5.15. The lowest BCUT2D eigenvalue weighted by atomic mass is 10.3. The van der Waals surface area contributed by atoms with Crippen molar-refractivity contribution in [1.82, 2.24) is 4.31 Å². The average molecular weight is 317 g/mol. The topological polar surface area (TPSA) is 57.6 Å². The van der Waals surface area contributed by atoms with Gasteiger partial charge in [-0.3, -0.25) is 0 Å². The Balaban J connectivity index is 2.28. The van der Waals surface area contributed by atoms with Crippen LogP contribution < -0.4 is 0 Å². The van der Waals surface area contributed by atoms with Crippen molar-refractivity contribution in [2.75, 3.05) is 7.05 Å². The van der Waals surface area contributed by atoms with Crippen LogP contribution >= 0.6 is 22.7 Å². The molecule has 2 rings (SSSR count). The van der Waals surface area contributed by atoms with E-state index in [4.69, 9.17) is 5.11 Å². The highest BCUT2D eigenvalue weighted by Gasteiger charge is 2.27. The minimum Gasteiger partial charge on any atom is -0.391 e. The van der Waals surface area contributed by atoms with E-state index in [1.54, 1.807) is 12.4 Å². The molecule has 0 aliphatic rings. The highest BCUT2D eigenvalue weighted by Crippen LogP contribution is 2.30. The predicted molar refractivity (Wildman–Crippen MR) is 77.9 cm³/mol. The van der Waals surface area contributed by atoms with E-state index in [-0.39, 0.29) is 17.5 Å². The van der Waals surface area contributed by atoms with Gasteiger partial charge in [-0.2, -0.15) is 4.31 Å². The molecule has 0 fully saturated rings. The van der Waals surface area contributed by atoms with Gasteiger partial charge in [0.25, 0.3) is 0 Å². The van der Waals surface area contributed by atoms with E-state index >= 15 is 0 Å². The Hall–Kier alpha value is -0.730. The molecule has 19 heavy (non-hydrogen) atoms. The van der Waals surface area contributed by atoms with Crippen LogP contribution in [0, 0.1) is 0 Å². The molecule has 2 aromatic heterocycles. The molecule has 7 heteroatoms. The summed E-state index contributed by atoms with van der Waals surface area (Å²) in [4.78, 5) is 1.90. The van der Waals surface area contributed by atoms with Gasteiger partial charge in [0.2, 0.25) is 10.0 Å². The van der Waals surface area contributed by atoms with Gasteiger partial charge in [-0.15, -0.1) is 22.7 Å². The number of hydrogen-bond acceptors (Lipinski definition) is 5. The van der Waals surface area contributed by atoms with Crippen LogP contribution in [0.15, 0.2) is 33.9 Å². The van der Waals surface area contributed by atoms with E-state index < -0.39 is 10.0 Å². The Kier molecular flexibility index (Phi) is 4.42. The third kappa shape index (κ3) is 2.90. The van der Waals surface area contributed by atoms with Gasteiger partial charge in [-0.1, -0.05) is 6.07 Å². The summed E-state index contributed by atoms with van der Waals surface area (Å²) in [5.74, 6) is 0. The molecule has 1 N–H and O–H groups in total. The zero-order valence-electron chi connectivity index (χ0n) is 10.6. The van der Waals surface area contributed by atoms with Gasteiger partial charge in [0.05, 0.1) is 17.5 Å². The molecule has 2 aromatic rings. The summed E-state index contributed by atoms with van der Waals surface area (Å²) in [6.07, 6.45) is 0. The van der Waals surface area contributed by atoms with Crippen LogP contribution in [0.3, 0.4) is 0 Å². The molecule has 1 unspecified atom stereocenters. The van der Waals surface area contributed by atoms with Crippen molar-refractivity contribution < 1.29 is 13.5 Å². The fourth-order valence-corrected chi connectivity index (χ4v) is 5.02. The first kappa shape index (κ1) is 14.7. The van der Waals surface area contributed by atoms with E-state index in [9.17, 15) is 8.42 Å². The largest absolute Gasteiger partial charge is 0.391 e. The van der Waals surface area contributed by atoms with E-state index in [2.05, 4.69) is 0 Å². The number of aliphatic hydroxyl groups excluding tert-OH is 1. The Labute approximate surface area is 121 Å². The van der Waals surface area contributed by atoms with Crippen LogP contribution in [-0.4, -0.2) is 24.9 Å². The van der Waals surface area contributed by atoms with Crippen LogP contribution in [0.1, 0.15) is 22.7 Å². The van der Waals surface area contributed by atoms with Crippen molar-refractivity contribution in [3.05, 3.63) is 38.7 Å². The first-order valence-corrected chi connectivity index (χ1v) is 8.86. The molecule has 1 atom stereocenters. The van der Waals surface area contributed by atoms with Crippen molar-refractivity contribution >= 4 is 32.7 Å². The minimum absolute atomic E-state index is 0.135. The number of sulfonamides is 1. The molecule has 0 aliphatic carbocycles. The summed E-state index contributed by atoms with van der Waals surface area (Å²) in [5, 5.41) is 12.5. The molecule has 0 spiro atoms. The summed E-state index contributed by atoms with van der Waals surface area (Å²) >= 11 is 2.79. The molecule has 0 radical (unpaired) electrons. The summed E-state index contributed by atoms with van der Waals surface area (Å²) in [7, 11) is -1.93. The average Bonchev–Trinajstić information content (AvgIpc) is 3.07. The Morgan fingerprint density at radius 3 is 2.68 bits per heavy atom. The van der Waals surface area contributed by atoms with Gasteiger partial charge in [-0.25, -0.2) is 8.42 Å². The predicted octanol–water partition coefficient (Wildman–Crippen LogP) is 2.68. The zero-order chi connectivity index (χ0) is 14.0. The molecular weight excluding hydrogens is 302 g/mol. The summed E-state index contributed by atoms with van der Waals surface area (Å²) < 4.78 is 26.3. The molecule has 2 heterocycles. The molecule has 0 amide bonds. The van der Waals surface area contributed by atoms with Gasteiger partial charge >= 0.3 is 0 Å². The molecule has 104 valence electrons. The lowest BCUT2D eigenvalue weighted by Crippen LogP contribution is -2.29. The molecule has 0 aliphatic heterocycles. The van der Waals surface area contributed by atoms with Gasteiger partial charge < -0.3 is 5.11 Å². The minimum atomic E-state index is -3.51. The lowest BCUT2D eigenvalue weighted by molar-refractivity contribution is 0.285. The summed E-state index contributed by atoms with van der Waals surface area (Å²) in [5.41, 5.74) is 0. The van der Waals surface area contributed by atoms with Gasteiger partial charge in [0, 0.05) is 22.2 Å². The van der Waals surface area contributed by atoms with Crippen molar-refractivity contribution in [2.24, 2.45) is 0 Å². The number of aliphatic hydroxyl groups is 1. The van der Waals surface area contributed by atoms with Gasteiger partial charge in [0.1, 0.15) is 0 Å². The van der Waals surface area contributed by atoms with Crippen LogP contribution in [0.4, 0.5) is 0 Å². The van der Waals surface area contributed by atoms with E-state index in [1.165, 1.54) is 33.0 Å². The number of hydrogen-bond donors (Lipinski definition) is 1. The quantitative estimate of drug-likeness (QED) is 0.922. The second-order valence-electron chi connectivity index (χ2n) is 4.12. The second-order valence-corrected chi connectivity index (χ2v) is 8.09. The third-order valence-electron chi connectivity index (χ3n) is 2.96. The highest BCUT2D eigenvalue weighted by atomic mass is 32.2. The third-order valence-corrected chi connectivity index (χ3v) is 6.98. The second kappa shape index (κ2) is 5.72. The van der Waals surface area contributed by atoms with E-state index in [0.29, 0.717) is 4.88 Å². The first-order chi connectivity index (χ1) is 8.96. The van der Waals surface area contributed by atoms with Crippen LogP contribution in [0.5, 0.6) is 0 Å². The maximum atomic E-state index is 12.5. The van der Waals surface area contributed by atoms with E-state index in [0.717, 1.165) is 4.88 Å². The highest BCUT2D eigenvalue weighted by molar-refractivity contribution is 7.89. The lowest BCUT2D eigenvalue weighted by Gasteiger charge is -2.22. The van der Waals surface area contributed by atoms with Crippen molar-refractivity contribution in [3.8, 4) is 0 Å². The van der Waals surface area contributed by atoms with Gasteiger partial charge in [-0.05, 0) is 24.4 Å². The molecule has 0 bridgehead atoms. The fraction of sp³-hybridized carbons (Fsp3) is 0.333.